The number of benzene rings is 7. The first-order chi connectivity index (χ1) is 21.3. The van der Waals surface area contributed by atoms with E-state index in [9.17, 15) is 5.26 Å². The average molecular weight is 546 g/mol. The molecule has 198 valence electrons. The molecule has 2 nitrogen and oxygen atoms in total. The number of nitrogens with zero attached hydrogens (tertiary/aromatic N) is 1. The third-order valence-electron chi connectivity index (χ3n) is 8.83. The largest absolute Gasteiger partial charge is 0.456 e. The molecule has 0 fully saturated rings. The molecule has 0 N–H and O–H groups in total. The Kier molecular flexibility index (Phi) is 5.00. The van der Waals surface area contributed by atoms with Gasteiger partial charge in [-0.25, -0.2) is 0 Å². The van der Waals surface area contributed by atoms with Gasteiger partial charge < -0.3 is 4.42 Å². The molecule has 0 bridgehead atoms. The molecule has 8 aromatic rings. The second kappa shape index (κ2) is 9.05. The highest BCUT2D eigenvalue weighted by Crippen LogP contribution is 2.57. The normalized spacial score (nSPS) is 11.7. The Morgan fingerprint density at radius 1 is 0.442 bits per heavy atom. The molecule has 43 heavy (non-hydrogen) atoms. The van der Waals surface area contributed by atoms with E-state index in [4.69, 9.17) is 4.42 Å². The van der Waals surface area contributed by atoms with E-state index < -0.39 is 0 Å². The fourth-order valence-electron chi connectivity index (χ4n) is 6.98. The van der Waals surface area contributed by atoms with Crippen LogP contribution >= 0.6 is 0 Å². The van der Waals surface area contributed by atoms with E-state index in [1.807, 2.05) is 18.2 Å². The molecular formula is C41H23NO. The van der Waals surface area contributed by atoms with Crippen molar-refractivity contribution in [3.63, 3.8) is 0 Å². The van der Waals surface area contributed by atoms with Crippen LogP contribution in [0.25, 0.3) is 88.3 Å². The van der Waals surface area contributed by atoms with Crippen LogP contribution in [-0.2, 0) is 0 Å². The highest BCUT2D eigenvalue weighted by Gasteiger charge is 2.30. The van der Waals surface area contributed by atoms with Crippen molar-refractivity contribution < 1.29 is 4.42 Å². The number of hydrogen-bond donors (Lipinski definition) is 0. The van der Waals surface area contributed by atoms with Crippen molar-refractivity contribution in [2.45, 2.75) is 0 Å². The van der Waals surface area contributed by atoms with Gasteiger partial charge in [-0.05, 0) is 103 Å². The van der Waals surface area contributed by atoms with Crippen LogP contribution in [0.2, 0.25) is 0 Å². The zero-order chi connectivity index (χ0) is 28.5. The smallest absolute Gasteiger partial charge is 0.136 e. The molecule has 7 aromatic carbocycles. The second-order valence-corrected chi connectivity index (χ2v) is 11.2. The molecule has 0 saturated carbocycles. The van der Waals surface area contributed by atoms with Crippen molar-refractivity contribution in [2.75, 3.05) is 0 Å². The Balaban J connectivity index is 1.42. The molecule has 0 aliphatic heterocycles. The molecule has 0 spiro atoms. The van der Waals surface area contributed by atoms with E-state index in [0.717, 1.165) is 33.1 Å². The van der Waals surface area contributed by atoms with Crippen molar-refractivity contribution in [2.24, 2.45) is 0 Å². The SMILES string of the molecule is N#Cc1ccc2c(c1)oc1cc(-c3cc(-c4ccccc4)c4c(c3-c3ccccc3)-c3cccc5cccc-4c35)ccc12. The van der Waals surface area contributed by atoms with Gasteiger partial charge in [0, 0.05) is 10.8 Å². The predicted octanol–water partition coefficient (Wildman–Crippen LogP) is 11.3. The molecule has 1 aliphatic carbocycles. The number of fused-ring (bicyclic) bond motifs is 6. The van der Waals surface area contributed by atoms with E-state index in [2.05, 4.69) is 127 Å². The molecule has 1 aromatic heterocycles. The van der Waals surface area contributed by atoms with Gasteiger partial charge in [0.25, 0.3) is 0 Å². The van der Waals surface area contributed by atoms with Crippen LogP contribution in [0, 0.1) is 11.3 Å². The summed E-state index contributed by atoms with van der Waals surface area (Å²) < 4.78 is 6.36. The summed E-state index contributed by atoms with van der Waals surface area (Å²) in [5.74, 6) is 0. The molecular weight excluding hydrogens is 522 g/mol. The van der Waals surface area contributed by atoms with Crippen molar-refractivity contribution in [3.05, 3.63) is 145 Å². The van der Waals surface area contributed by atoms with Gasteiger partial charge >= 0.3 is 0 Å². The molecule has 1 heterocycles. The Bertz CT molecular complexity index is 2440. The van der Waals surface area contributed by atoms with E-state index in [1.165, 1.54) is 55.3 Å². The van der Waals surface area contributed by atoms with Crippen LogP contribution in [0.3, 0.4) is 0 Å². The molecule has 2 heteroatoms. The summed E-state index contributed by atoms with van der Waals surface area (Å²) in [5, 5.41) is 14.1. The predicted molar refractivity (Wildman–Crippen MR) is 177 cm³/mol. The summed E-state index contributed by atoms with van der Waals surface area (Å²) in [6.07, 6.45) is 0. The average Bonchev–Trinajstić information content (AvgIpc) is 3.61. The number of hydrogen-bond acceptors (Lipinski definition) is 2. The fraction of sp³-hybridized carbons (Fsp3) is 0. The van der Waals surface area contributed by atoms with Crippen molar-refractivity contribution >= 4 is 32.7 Å². The molecule has 1 aliphatic rings. The first-order valence-electron chi connectivity index (χ1n) is 14.5. The van der Waals surface area contributed by atoms with Gasteiger partial charge in [0.1, 0.15) is 11.2 Å². The highest BCUT2D eigenvalue weighted by atomic mass is 16.3. The van der Waals surface area contributed by atoms with Gasteiger partial charge in [-0.15, -0.1) is 0 Å². The van der Waals surface area contributed by atoms with E-state index >= 15 is 0 Å². The molecule has 0 atom stereocenters. The van der Waals surface area contributed by atoms with Crippen LogP contribution in [-0.4, -0.2) is 0 Å². The molecule has 0 radical (unpaired) electrons. The first-order valence-corrected chi connectivity index (χ1v) is 14.5. The number of furan rings is 1. The first kappa shape index (κ1) is 23.8. The van der Waals surface area contributed by atoms with Crippen LogP contribution in [0.5, 0.6) is 0 Å². The third-order valence-corrected chi connectivity index (χ3v) is 8.83. The third kappa shape index (κ3) is 3.46. The lowest BCUT2D eigenvalue weighted by molar-refractivity contribution is 0.669. The molecule has 0 saturated heterocycles. The van der Waals surface area contributed by atoms with Crippen molar-refractivity contribution in [1.29, 1.82) is 5.26 Å². The molecule has 0 unspecified atom stereocenters. The number of nitriles is 1. The van der Waals surface area contributed by atoms with Gasteiger partial charge in [-0.1, -0.05) is 103 Å². The maximum absolute atomic E-state index is 9.43. The monoisotopic (exact) mass is 545 g/mol. The topological polar surface area (TPSA) is 36.9 Å². The summed E-state index contributed by atoms with van der Waals surface area (Å²) in [6, 6.07) is 51.6. The Labute approximate surface area is 248 Å². The zero-order valence-electron chi connectivity index (χ0n) is 23.1. The summed E-state index contributed by atoms with van der Waals surface area (Å²) in [4.78, 5) is 0. The molecule has 9 rings (SSSR count). The van der Waals surface area contributed by atoms with Gasteiger partial charge in [0.05, 0.1) is 11.6 Å². The lowest BCUT2D eigenvalue weighted by Gasteiger charge is -2.21. The number of rotatable bonds is 3. The molecule has 0 amide bonds. The lowest BCUT2D eigenvalue weighted by atomic mass is 9.82. The van der Waals surface area contributed by atoms with Gasteiger partial charge in [0.2, 0.25) is 0 Å². The van der Waals surface area contributed by atoms with E-state index in [1.54, 1.807) is 0 Å². The van der Waals surface area contributed by atoms with Crippen molar-refractivity contribution in [1.82, 2.24) is 0 Å². The maximum Gasteiger partial charge on any atom is 0.136 e. The minimum absolute atomic E-state index is 0.595. The summed E-state index contributed by atoms with van der Waals surface area (Å²) in [5.41, 5.74) is 14.3. The minimum Gasteiger partial charge on any atom is -0.456 e. The van der Waals surface area contributed by atoms with E-state index in [0.29, 0.717) is 5.56 Å². The Hall–Kier alpha value is -5.91. The fourth-order valence-corrected chi connectivity index (χ4v) is 6.98. The zero-order valence-corrected chi connectivity index (χ0v) is 23.1. The van der Waals surface area contributed by atoms with E-state index in [-0.39, 0.29) is 0 Å². The van der Waals surface area contributed by atoms with Crippen LogP contribution in [0.4, 0.5) is 0 Å². The Morgan fingerprint density at radius 2 is 1.07 bits per heavy atom. The van der Waals surface area contributed by atoms with Crippen LogP contribution < -0.4 is 0 Å². The highest BCUT2D eigenvalue weighted by molar-refractivity contribution is 6.23. The maximum atomic E-state index is 9.43. The summed E-state index contributed by atoms with van der Waals surface area (Å²) >= 11 is 0. The summed E-state index contributed by atoms with van der Waals surface area (Å²) in [6.45, 7) is 0. The summed E-state index contributed by atoms with van der Waals surface area (Å²) in [7, 11) is 0. The lowest BCUT2D eigenvalue weighted by Crippen LogP contribution is -1.94. The van der Waals surface area contributed by atoms with Crippen LogP contribution in [0.1, 0.15) is 5.56 Å². The second-order valence-electron chi connectivity index (χ2n) is 11.2. The van der Waals surface area contributed by atoms with Gasteiger partial charge in [0.15, 0.2) is 0 Å². The van der Waals surface area contributed by atoms with Crippen molar-refractivity contribution in [3.8, 4) is 61.7 Å². The Morgan fingerprint density at radius 3 is 1.79 bits per heavy atom. The van der Waals surface area contributed by atoms with Crippen LogP contribution in [0.15, 0.2) is 144 Å². The minimum atomic E-state index is 0.595. The van der Waals surface area contributed by atoms with Gasteiger partial charge in [-0.2, -0.15) is 5.26 Å². The van der Waals surface area contributed by atoms with Gasteiger partial charge in [-0.3, -0.25) is 0 Å². The standard InChI is InChI=1S/C41H23NO/c42-24-25-17-19-30-31-20-18-29(22-37(31)43-36(30)21-25)35-23-34(26-9-3-1-4-10-26)40-32-15-7-13-27-14-8-16-33(38(27)32)41(40)39(35)28-11-5-2-6-12-28/h1-23H. The quantitative estimate of drug-likeness (QED) is 0.221.